The molecule has 2 rings (SSSR count). The lowest BCUT2D eigenvalue weighted by Crippen LogP contribution is -2.53. The van der Waals surface area contributed by atoms with Crippen LogP contribution in [-0.4, -0.2) is 62.1 Å². The molecule has 0 bridgehead atoms. The van der Waals surface area contributed by atoms with Crippen molar-refractivity contribution in [3.63, 3.8) is 0 Å². The van der Waals surface area contributed by atoms with Gasteiger partial charge in [0.25, 0.3) is 0 Å². The average molecular weight is 337 g/mol. The zero-order chi connectivity index (χ0) is 15.6. The lowest BCUT2D eigenvalue weighted by molar-refractivity contribution is 0.120. The molecule has 0 aliphatic carbocycles. The van der Waals surface area contributed by atoms with Gasteiger partial charge in [-0.05, 0) is 31.7 Å². The number of piperazine rings is 1. The van der Waals surface area contributed by atoms with Gasteiger partial charge in [0.15, 0.2) is 0 Å². The van der Waals surface area contributed by atoms with E-state index in [-0.39, 0.29) is 22.6 Å². The summed E-state index contributed by atoms with van der Waals surface area (Å²) in [5.74, 6) is -0.646. The summed E-state index contributed by atoms with van der Waals surface area (Å²) in [6.07, 6.45) is 0.507. The van der Waals surface area contributed by atoms with Crippen LogP contribution < -0.4 is 0 Å². The first-order valence-electron chi connectivity index (χ1n) is 6.62. The van der Waals surface area contributed by atoms with Gasteiger partial charge >= 0.3 is 0 Å². The molecule has 1 N–H and O–H groups in total. The number of rotatable bonds is 4. The Morgan fingerprint density at radius 1 is 1.43 bits per heavy atom. The van der Waals surface area contributed by atoms with Crippen molar-refractivity contribution < 1.29 is 17.9 Å². The molecule has 1 atom stereocenters. The topological polar surface area (TPSA) is 60.9 Å². The highest BCUT2D eigenvalue weighted by atomic mass is 35.5. The zero-order valence-electron chi connectivity index (χ0n) is 11.7. The third-order valence-corrected chi connectivity index (χ3v) is 5.88. The van der Waals surface area contributed by atoms with E-state index < -0.39 is 15.8 Å². The SMILES string of the molecule is CN1CCN(S(=O)(=O)c2ccc(F)c(Cl)c2)CC1CCO. The highest BCUT2D eigenvalue weighted by Gasteiger charge is 2.32. The van der Waals surface area contributed by atoms with Crippen LogP contribution >= 0.6 is 11.6 Å². The number of aliphatic hydroxyl groups excluding tert-OH is 1. The van der Waals surface area contributed by atoms with E-state index in [9.17, 15) is 12.8 Å². The van der Waals surface area contributed by atoms with Gasteiger partial charge in [0, 0.05) is 32.3 Å². The summed E-state index contributed by atoms with van der Waals surface area (Å²) in [7, 11) is -1.80. The molecule has 0 amide bonds. The summed E-state index contributed by atoms with van der Waals surface area (Å²) in [5, 5.41) is 8.84. The first-order valence-corrected chi connectivity index (χ1v) is 8.44. The number of likely N-dealkylation sites (N-methyl/N-ethyl adjacent to an activating group) is 1. The maximum absolute atomic E-state index is 13.2. The van der Waals surface area contributed by atoms with E-state index in [1.54, 1.807) is 0 Å². The van der Waals surface area contributed by atoms with Crippen LogP contribution in [0.2, 0.25) is 5.02 Å². The Morgan fingerprint density at radius 2 is 2.14 bits per heavy atom. The maximum atomic E-state index is 13.2. The van der Waals surface area contributed by atoms with Crippen LogP contribution in [0, 0.1) is 5.82 Å². The molecule has 1 saturated heterocycles. The van der Waals surface area contributed by atoms with Crippen molar-refractivity contribution in [1.82, 2.24) is 9.21 Å². The Labute approximate surface area is 129 Å². The van der Waals surface area contributed by atoms with Crippen LogP contribution in [0.5, 0.6) is 0 Å². The second kappa shape index (κ2) is 6.58. The molecule has 1 heterocycles. The highest BCUT2D eigenvalue weighted by molar-refractivity contribution is 7.89. The number of halogens is 2. The van der Waals surface area contributed by atoms with E-state index in [2.05, 4.69) is 0 Å². The Kier molecular flexibility index (Phi) is 5.21. The standard InChI is InChI=1S/C13H18ClFN2O3S/c1-16-5-6-17(9-10(16)4-7-18)21(19,20)11-2-3-13(15)12(14)8-11/h2-3,8,10,18H,4-7,9H2,1H3. The number of aliphatic hydroxyl groups is 1. The summed E-state index contributed by atoms with van der Waals surface area (Å²) < 4.78 is 39.7. The number of nitrogens with zero attached hydrogens (tertiary/aromatic N) is 2. The molecule has 1 unspecified atom stereocenters. The minimum absolute atomic E-state index is 0.00523. The number of hydrogen-bond acceptors (Lipinski definition) is 4. The normalized spacial score (nSPS) is 21.6. The average Bonchev–Trinajstić information content (AvgIpc) is 2.44. The lowest BCUT2D eigenvalue weighted by Gasteiger charge is -2.38. The molecule has 1 aromatic carbocycles. The molecule has 1 fully saturated rings. The van der Waals surface area contributed by atoms with Gasteiger partial charge in [-0.1, -0.05) is 11.6 Å². The summed E-state index contributed by atoms with van der Waals surface area (Å²) in [6.45, 7) is 1.24. The van der Waals surface area contributed by atoms with Crippen molar-refractivity contribution in [2.24, 2.45) is 0 Å². The largest absolute Gasteiger partial charge is 0.396 e. The van der Waals surface area contributed by atoms with Gasteiger partial charge in [0.1, 0.15) is 5.82 Å². The predicted octanol–water partition coefficient (Wildman–Crippen LogP) is 1.17. The van der Waals surface area contributed by atoms with Crippen LogP contribution in [0.3, 0.4) is 0 Å². The predicted molar refractivity (Wildman–Crippen MR) is 78.3 cm³/mol. The monoisotopic (exact) mass is 336 g/mol. The summed E-state index contributed by atoms with van der Waals surface area (Å²) >= 11 is 5.66. The quantitative estimate of drug-likeness (QED) is 0.896. The van der Waals surface area contributed by atoms with Crippen LogP contribution in [0.1, 0.15) is 6.42 Å². The molecule has 0 aromatic heterocycles. The van der Waals surface area contributed by atoms with Gasteiger partial charge in [-0.25, -0.2) is 12.8 Å². The van der Waals surface area contributed by atoms with Crippen LogP contribution in [0.15, 0.2) is 23.1 Å². The molecule has 0 saturated carbocycles. The van der Waals surface area contributed by atoms with E-state index in [4.69, 9.17) is 16.7 Å². The van der Waals surface area contributed by atoms with Gasteiger partial charge in [-0.15, -0.1) is 0 Å². The van der Waals surface area contributed by atoms with Gasteiger partial charge in [-0.2, -0.15) is 4.31 Å². The van der Waals surface area contributed by atoms with Crippen molar-refractivity contribution in [3.05, 3.63) is 29.0 Å². The van der Waals surface area contributed by atoms with Crippen molar-refractivity contribution in [2.75, 3.05) is 33.3 Å². The fraction of sp³-hybridized carbons (Fsp3) is 0.538. The molecule has 0 radical (unpaired) electrons. The number of benzene rings is 1. The van der Waals surface area contributed by atoms with E-state index in [0.717, 1.165) is 12.1 Å². The first-order chi connectivity index (χ1) is 9.86. The second-order valence-electron chi connectivity index (χ2n) is 5.09. The molecule has 0 spiro atoms. The summed E-state index contributed by atoms with van der Waals surface area (Å²) in [6, 6.07) is 3.37. The van der Waals surface area contributed by atoms with Crippen molar-refractivity contribution >= 4 is 21.6 Å². The van der Waals surface area contributed by atoms with Crippen molar-refractivity contribution in [1.29, 1.82) is 0 Å². The minimum Gasteiger partial charge on any atom is -0.396 e. The van der Waals surface area contributed by atoms with Crippen LogP contribution in [0.4, 0.5) is 4.39 Å². The van der Waals surface area contributed by atoms with Gasteiger partial charge < -0.3 is 10.0 Å². The third kappa shape index (κ3) is 3.54. The number of sulfonamides is 1. The maximum Gasteiger partial charge on any atom is 0.243 e. The van der Waals surface area contributed by atoms with Gasteiger partial charge in [0.2, 0.25) is 10.0 Å². The van der Waals surface area contributed by atoms with Gasteiger partial charge in [-0.3, -0.25) is 0 Å². The Balaban J connectivity index is 2.24. The molecular formula is C13H18ClFN2O3S. The van der Waals surface area contributed by atoms with E-state index in [1.165, 1.54) is 10.4 Å². The molecule has 21 heavy (non-hydrogen) atoms. The molecule has 1 aromatic rings. The first kappa shape index (κ1) is 16.6. The van der Waals surface area contributed by atoms with E-state index in [0.29, 0.717) is 26.1 Å². The molecule has 1 aliphatic rings. The van der Waals surface area contributed by atoms with Crippen molar-refractivity contribution in [3.8, 4) is 0 Å². The lowest BCUT2D eigenvalue weighted by atomic mass is 10.1. The Bertz CT molecular complexity index is 611. The molecule has 8 heteroatoms. The molecular weight excluding hydrogens is 319 g/mol. The van der Waals surface area contributed by atoms with E-state index >= 15 is 0 Å². The van der Waals surface area contributed by atoms with E-state index in [1.807, 2.05) is 11.9 Å². The Hall–Kier alpha value is -0.730. The number of hydrogen-bond donors (Lipinski definition) is 1. The summed E-state index contributed by atoms with van der Waals surface area (Å²) in [5.41, 5.74) is 0. The van der Waals surface area contributed by atoms with Gasteiger partial charge in [0.05, 0.1) is 9.92 Å². The molecule has 118 valence electrons. The molecule has 5 nitrogen and oxygen atoms in total. The smallest absolute Gasteiger partial charge is 0.243 e. The minimum atomic E-state index is -3.70. The highest BCUT2D eigenvalue weighted by Crippen LogP contribution is 2.24. The van der Waals surface area contributed by atoms with Crippen LogP contribution in [-0.2, 0) is 10.0 Å². The third-order valence-electron chi connectivity index (χ3n) is 3.73. The Morgan fingerprint density at radius 3 is 2.76 bits per heavy atom. The van der Waals surface area contributed by atoms with Crippen molar-refractivity contribution in [2.45, 2.75) is 17.4 Å². The fourth-order valence-electron chi connectivity index (χ4n) is 2.38. The zero-order valence-corrected chi connectivity index (χ0v) is 13.2. The summed E-state index contributed by atoms with van der Waals surface area (Å²) in [4.78, 5) is 2.01. The molecule has 1 aliphatic heterocycles. The fourth-order valence-corrected chi connectivity index (χ4v) is 4.12. The van der Waals surface area contributed by atoms with Crippen LogP contribution in [0.25, 0.3) is 0 Å². The second-order valence-corrected chi connectivity index (χ2v) is 7.43.